The van der Waals surface area contributed by atoms with Crippen molar-refractivity contribution in [2.75, 3.05) is 26.3 Å². The van der Waals surface area contributed by atoms with E-state index in [1.54, 1.807) is 4.57 Å². The maximum absolute atomic E-state index is 13.1. The number of nitrogens with zero attached hydrogens (tertiary/aromatic N) is 2. The molecule has 4 aliphatic rings. The molecule has 2 bridgehead atoms. The highest BCUT2D eigenvalue weighted by atomic mass is 79.9. The van der Waals surface area contributed by atoms with E-state index in [0.29, 0.717) is 37.5 Å². The Kier molecular flexibility index (Phi) is 5.32. The van der Waals surface area contributed by atoms with Crippen LogP contribution >= 0.6 is 39.0 Å². The van der Waals surface area contributed by atoms with Crippen molar-refractivity contribution in [3.8, 4) is 0 Å². The van der Waals surface area contributed by atoms with Gasteiger partial charge in [-0.25, -0.2) is 0 Å². The molecule has 5 atom stereocenters. The number of halogens is 1. The summed E-state index contributed by atoms with van der Waals surface area (Å²) in [5.74, 6) is 2.36. The number of hydrogen-bond donors (Lipinski definition) is 0. The van der Waals surface area contributed by atoms with Gasteiger partial charge in [-0.2, -0.15) is 0 Å². The Morgan fingerprint density at radius 1 is 1.19 bits per heavy atom. The van der Waals surface area contributed by atoms with Crippen molar-refractivity contribution in [2.24, 2.45) is 17.8 Å². The fourth-order valence-electron chi connectivity index (χ4n) is 6.21. The first kappa shape index (κ1) is 20.5. The van der Waals surface area contributed by atoms with Gasteiger partial charge in [-0.05, 0) is 54.7 Å². The average molecular weight is 522 g/mol. The summed E-state index contributed by atoms with van der Waals surface area (Å²) in [5.41, 5.74) is 1.30. The Labute approximate surface area is 198 Å². The number of thiazole rings is 1. The molecule has 0 spiro atoms. The number of carbonyl (C=O) groups is 1. The smallest absolute Gasteiger partial charge is 0.308 e. The van der Waals surface area contributed by atoms with E-state index >= 15 is 0 Å². The molecule has 1 aromatic carbocycles. The van der Waals surface area contributed by atoms with Crippen LogP contribution in [0.3, 0.4) is 0 Å². The highest BCUT2D eigenvalue weighted by Crippen LogP contribution is 2.64. The van der Waals surface area contributed by atoms with Crippen LogP contribution in [0.1, 0.15) is 35.6 Å². The zero-order valence-corrected chi connectivity index (χ0v) is 20.4. The third kappa shape index (κ3) is 3.45. The van der Waals surface area contributed by atoms with Crippen LogP contribution in [0.5, 0.6) is 0 Å². The van der Waals surface area contributed by atoms with Crippen molar-refractivity contribution in [2.45, 2.75) is 42.0 Å². The van der Waals surface area contributed by atoms with Crippen LogP contribution in [-0.2, 0) is 16.1 Å². The van der Waals surface area contributed by atoms with Gasteiger partial charge in [-0.1, -0.05) is 39.4 Å². The summed E-state index contributed by atoms with van der Waals surface area (Å²) in [6.45, 7) is 2.53. The highest BCUT2D eigenvalue weighted by molar-refractivity contribution is 9.10. The summed E-state index contributed by atoms with van der Waals surface area (Å²) in [6.07, 6.45) is 3.94. The van der Waals surface area contributed by atoms with E-state index in [9.17, 15) is 9.59 Å². The van der Waals surface area contributed by atoms with Crippen LogP contribution in [0.15, 0.2) is 38.6 Å². The highest BCUT2D eigenvalue weighted by Gasteiger charge is 2.55. The van der Waals surface area contributed by atoms with Crippen molar-refractivity contribution in [3.63, 3.8) is 0 Å². The van der Waals surface area contributed by atoms with Gasteiger partial charge in [0.25, 0.3) is 0 Å². The number of benzene rings is 1. The van der Waals surface area contributed by atoms with Crippen LogP contribution in [0.4, 0.5) is 0 Å². The van der Waals surface area contributed by atoms with Gasteiger partial charge in [0.15, 0.2) is 0 Å². The van der Waals surface area contributed by atoms with Gasteiger partial charge in [-0.15, -0.1) is 11.8 Å². The quantitative estimate of drug-likeness (QED) is 0.608. The monoisotopic (exact) mass is 520 g/mol. The number of rotatable bonds is 3. The van der Waals surface area contributed by atoms with Crippen molar-refractivity contribution in [3.05, 3.63) is 48.8 Å². The fraction of sp³-hybridized carbons (Fsp3) is 0.565. The molecular weight excluding hydrogens is 496 g/mol. The minimum absolute atomic E-state index is 0.00595. The molecule has 1 aromatic heterocycles. The molecule has 0 radical (unpaired) electrons. The number of fused-ring (bicyclic) bond motifs is 6. The van der Waals surface area contributed by atoms with E-state index in [1.807, 2.05) is 16.7 Å². The molecule has 2 aliphatic heterocycles. The molecule has 2 aliphatic carbocycles. The molecule has 0 N–H and O–H groups in total. The topological polar surface area (TPSA) is 51.5 Å². The van der Waals surface area contributed by atoms with Crippen LogP contribution < -0.4 is 4.87 Å². The number of morpholine rings is 1. The van der Waals surface area contributed by atoms with E-state index in [1.165, 1.54) is 41.0 Å². The molecule has 3 heterocycles. The first-order chi connectivity index (χ1) is 15.1. The first-order valence-electron chi connectivity index (χ1n) is 11.1. The number of thioether (sulfide) groups is 1. The van der Waals surface area contributed by atoms with E-state index < -0.39 is 0 Å². The van der Waals surface area contributed by atoms with E-state index in [0.717, 1.165) is 21.3 Å². The van der Waals surface area contributed by atoms with E-state index in [2.05, 4.69) is 40.2 Å². The average Bonchev–Trinajstić information content (AvgIpc) is 3.47. The number of carbonyl (C=O) groups excluding carboxylic acids is 1. The van der Waals surface area contributed by atoms with Crippen LogP contribution in [0.2, 0.25) is 0 Å². The van der Waals surface area contributed by atoms with Gasteiger partial charge >= 0.3 is 4.87 Å². The molecule has 1 amide bonds. The summed E-state index contributed by atoms with van der Waals surface area (Å²) in [5, 5.41) is 1.60. The Morgan fingerprint density at radius 2 is 2.00 bits per heavy atom. The summed E-state index contributed by atoms with van der Waals surface area (Å²) in [7, 11) is 0. The third-order valence-electron chi connectivity index (χ3n) is 7.56. The van der Waals surface area contributed by atoms with Crippen molar-refractivity contribution in [1.82, 2.24) is 9.47 Å². The molecule has 6 rings (SSSR count). The molecule has 3 fully saturated rings. The zero-order chi connectivity index (χ0) is 21.1. The summed E-state index contributed by atoms with van der Waals surface area (Å²) in [4.78, 5) is 29.1. The molecule has 2 aromatic rings. The van der Waals surface area contributed by atoms with Crippen LogP contribution in [-0.4, -0.2) is 46.9 Å². The second kappa shape index (κ2) is 8.04. The Hall–Kier alpha value is -1.09. The Balaban J connectivity index is 1.41. The maximum atomic E-state index is 13.1. The maximum Gasteiger partial charge on any atom is 0.308 e. The van der Waals surface area contributed by atoms with Gasteiger partial charge in [0, 0.05) is 33.6 Å². The molecule has 1 saturated heterocycles. The number of hydrogen-bond acceptors (Lipinski definition) is 5. The predicted octanol–water partition coefficient (Wildman–Crippen LogP) is 4.18. The lowest BCUT2D eigenvalue weighted by molar-refractivity contribution is -0.136. The largest absolute Gasteiger partial charge is 0.378 e. The number of aromatic nitrogens is 1. The Morgan fingerprint density at radius 3 is 2.81 bits per heavy atom. The first-order valence-corrected chi connectivity index (χ1v) is 13.6. The minimum Gasteiger partial charge on any atom is -0.378 e. The summed E-state index contributed by atoms with van der Waals surface area (Å²) < 4.78 is 8.23. The van der Waals surface area contributed by atoms with Gasteiger partial charge in [0.1, 0.15) is 6.54 Å². The van der Waals surface area contributed by atoms with Crippen molar-refractivity contribution in [1.29, 1.82) is 0 Å². The van der Waals surface area contributed by atoms with Crippen molar-refractivity contribution < 1.29 is 9.53 Å². The van der Waals surface area contributed by atoms with E-state index in [4.69, 9.17) is 4.74 Å². The van der Waals surface area contributed by atoms with Crippen molar-refractivity contribution >= 4 is 44.9 Å². The lowest BCUT2D eigenvalue weighted by Gasteiger charge is -2.40. The molecule has 5 nitrogen and oxygen atoms in total. The fourth-order valence-corrected chi connectivity index (χ4v) is 9.78. The third-order valence-corrected chi connectivity index (χ3v) is 10.9. The molecule has 0 unspecified atom stereocenters. The SMILES string of the molecule is O=C(Cn1c2c(sc1=O)[C@@H](c1cccc(Br)c1)[C@@H]1[C@H]3CC[C@@H](C3)[C@H]1S2)N1CCOCC1. The number of amides is 1. The normalized spacial score (nSPS) is 31.5. The lowest BCUT2D eigenvalue weighted by atomic mass is 9.75. The Bertz CT molecular complexity index is 1080. The second-order valence-corrected chi connectivity index (χ2v) is 12.2. The summed E-state index contributed by atoms with van der Waals surface area (Å²) in [6, 6.07) is 8.60. The molecule has 8 heteroatoms. The minimum atomic E-state index is 0.00595. The van der Waals surface area contributed by atoms with Crippen LogP contribution in [0.25, 0.3) is 0 Å². The molecule has 2 saturated carbocycles. The summed E-state index contributed by atoms with van der Waals surface area (Å²) >= 11 is 6.91. The van der Waals surface area contributed by atoms with Gasteiger partial charge < -0.3 is 9.64 Å². The van der Waals surface area contributed by atoms with Gasteiger partial charge in [0.2, 0.25) is 5.91 Å². The van der Waals surface area contributed by atoms with E-state index in [-0.39, 0.29) is 23.2 Å². The van der Waals surface area contributed by atoms with Gasteiger partial charge in [0.05, 0.1) is 18.2 Å². The van der Waals surface area contributed by atoms with Crippen LogP contribution in [0, 0.1) is 17.8 Å². The molecule has 164 valence electrons. The zero-order valence-electron chi connectivity index (χ0n) is 17.2. The molecular formula is C23H25BrN2O3S2. The lowest BCUT2D eigenvalue weighted by Crippen LogP contribution is -2.43. The molecule has 31 heavy (non-hydrogen) atoms. The second-order valence-electron chi connectivity index (χ2n) is 9.14. The van der Waals surface area contributed by atoms with Gasteiger partial charge in [-0.3, -0.25) is 14.2 Å². The number of ether oxygens (including phenoxy) is 1. The predicted molar refractivity (Wildman–Crippen MR) is 126 cm³/mol. The standard InChI is InChI=1S/C23H25BrN2O3S2/c24-16-3-1-2-13(11-16)19-18-14-4-5-15(10-14)20(18)30-22-21(19)31-23(28)26(22)12-17(27)25-6-8-29-9-7-25/h1-3,11,14-15,18-20H,4-10,12H2/t14-,15-,18-,19-,20+/m0/s1.